The summed E-state index contributed by atoms with van der Waals surface area (Å²) in [5, 5.41) is 1.02. The van der Waals surface area contributed by atoms with Crippen LogP contribution in [-0.4, -0.2) is 36.9 Å². The SMILES string of the molecule is O=S(=O)(Cc1cccc(F)c1)N1CC(Oc2ccc3ccccc3n2)C1. The van der Waals surface area contributed by atoms with Crippen LogP contribution in [0.25, 0.3) is 10.9 Å². The molecule has 1 aliphatic rings. The van der Waals surface area contributed by atoms with Crippen molar-refractivity contribution in [2.45, 2.75) is 11.9 Å². The summed E-state index contributed by atoms with van der Waals surface area (Å²) in [6.45, 7) is 0.540. The van der Waals surface area contributed by atoms with Gasteiger partial charge in [-0.2, -0.15) is 4.31 Å². The quantitative estimate of drug-likeness (QED) is 0.691. The van der Waals surface area contributed by atoms with E-state index >= 15 is 0 Å². The molecule has 5 nitrogen and oxygen atoms in total. The van der Waals surface area contributed by atoms with E-state index in [9.17, 15) is 12.8 Å². The molecule has 1 fully saturated rings. The molecule has 0 aliphatic carbocycles. The first-order valence-corrected chi connectivity index (χ1v) is 9.85. The van der Waals surface area contributed by atoms with Crippen molar-refractivity contribution in [1.29, 1.82) is 0 Å². The molecule has 0 atom stereocenters. The number of benzene rings is 2. The molecule has 4 rings (SSSR count). The highest BCUT2D eigenvalue weighted by Crippen LogP contribution is 2.23. The van der Waals surface area contributed by atoms with Gasteiger partial charge in [-0.25, -0.2) is 17.8 Å². The van der Waals surface area contributed by atoms with Crippen molar-refractivity contribution >= 4 is 20.9 Å². The lowest BCUT2D eigenvalue weighted by atomic mass is 10.2. The molecule has 134 valence electrons. The molecule has 0 radical (unpaired) electrons. The lowest BCUT2D eigenvalue weighted by molar-refractivity contribution is 0.0723. The Hall–Kier alpha value is -2.51. The molecule has 26 heavy (non-hydrogen) atoms. The van der Waals surface area contributed by atoms with E-state index in [0.29, 0.717) is 11.4 Å². The van der Waals surface area contributed by atoms with E-state index in [2.05, 4.69) is 4.98 Å². The van der Waals surface area contributed by atoms with Crippen molar-refractivity contribution in [2.24, 2.45) is 0 Å². The second-order valence-electron chi connectivity index (χ2n) is 6.29. The number of hydrogen-bond acceptors (Lipinski definition) is 4. The number of rotatable bonds is 5. The maximum atomic E-state index is 13.2. The molecule has 0 spiro atoms. The third kappa shape index (κ3) is 3.54. The van der Waals surface area contributed by atoms with Gasteiger partial charge < -0.3 is 4.74 Å². The summed E-state index contributed by atoms with van der Waals surface area (Å²) in [5.74, 6) is -0.174. The van der Waals surface area contributed by atoms with Crippen LogP contribution in [0.15, 0.2) is 60.7 Å². The summed E-state index contributed by atoms with van der Waals surface area (Å²) in [5.41, 5.74) is 1.27. The van der Waals surface area contributed by atoms with E-state index in [4.69, 9.17) is 4.74 Å². The van der Waals surface area contributed by atoms with E-state index in [1.54, 1.807) is 12.1 Å². The molecule has 0 amide bonds. The lowest BCUT2D eigenvalue weighted by Crippen LogP contribution is -2.56. The first kappa shape index (κ1) is 16.9. The van der Waals surface area contributed by atoms with Gasteiger partial charge in [-0.15, -0.1) is 0 Å². The van der Waals surface area contributed by atoms with Gasteiger partial charge in [0, 0.05) is 11.5 Å². The first-order valence-electron chi connectivity index (χ1n) is 8.24. The fraction of sp³-hybridized carbons (Fsp3) is 0.211. The highest BCUT2D eigenvalue weighted by molar-refractivity contribution is 7.88. The summed E-state index contributed by atoms with van der Waals surface area (Å²) >= 11 is 0. The summed E-state index contributed by atoms with van der Waals surface area (Å²) in [6.07, 6.45) is -0.231. The fourth-order valence-corrected chi connectivity index (χ4v) is 4.48. The average Bonchev–Trinajstić information content (AvgIpc) is 2.57. The Morgan fingerprint density at radius 1 is 1.08 bits per heavy atom. The second-order valence-corrected chi connectivity index (χ2v) is 8.25. The topological polar surface area (TPSA) is 59.5 Å². The standard InChI is InChI=1S/C19H17FN2O3S/c20-16-6-3-4-14(10-16)13-26(23,24)22-11-17(12-22)25-19-9-8-15-5-1-2-7-18(15)21-19/h1-10,17H,11-13H2. The zero-order chi connectivity index (χ0) is 18.1. The monoisotopic (exact) mass is 372 g/mol. The molecular weight excluding hydrogens is 355 g/mol. The van der Waals surface area contributed by atoms with Gasteiger partial charge in [-0.3, -0.25) is 0 Å². The van der Waals surface area contributed by atoms with Crippen LogP contribution < -0.4 is 4.74 Å². The van der Waals surface area contributed by atoms with Crippen LogP contribution in [0.3, 0.4) is 0 Å². The Labute approximate surface area is 151 Å². The fourth-order valence-electron chi connectivity index (χ4n) is 2.91. The van der Waals surface area contributed by atoms with Gasteiger partial charge >= 0.3 is 0 Å². The van der Waals surface area contributed by atoms with Gasteiger partial charge in [0.1, 0.15) is 11.9 Å². The first-order chi connectivity index (χ1) is 12.5. The zero-order valence-corrected chi connectivity index (χ0v) is 14.7. The van der Waals surface area contributed by atoms with Crippen LogP contribution in [0.1, 0.15) is 5.56 Å². The van der Waals surface area contributed by atoms with Crippen LogP contribution in [0.5, 0.6) is 5.88 Å². The average molecular weight is 372 g/mol. The van der Waals surface area contributed by atoms with Crippen LogP contribution in [0.4, 0.5) is 4.39 Å². The zero-order valence-electron chi connectivity index (χ0n) is 13.9. The molecule has 0 bridgehead atoms. The van der Waals surface area contributed by atoms with Gasteiger partial charge in [0.05, 0.1) is 24.4 Å². The molecule has 1 aromatic heterocycles. The molecule has 2 aromatic carbocycles. The van der Waals surface area contributed by atoms with Crippen molar-refractivity contribution in [3.05, 3.63) is 72.0 Å². The highest BCUT2D eigenvalue weighted by atomic mass is 32.2. The molecule has 0 N–H and O–H groups in total. The smallest absolute Gasteiger partial charge is 0.218 e. The maximum absolute atomic E-state index is 13.2. The molecule has 2 heterocycles. The molecule has 7 heteroatoms. The van der Waals surface area contributed by atoms with Crippen LogP contribution in [0, 0.1) is 5.82 Å². The van der Waals surface area contributed by atoms with Crippen molar-refractivity contribution in [3.8, 4) is 5.88 Å². The van der Waals surface area contributed by atoms with Gasteiger partial charge in [-0.05, 0) is 29.8 Å². The van der Waals surface area contributed by atoms with Crippen molar-refractivity contribution < 1.29 is 17.5 Å². The number of nitrogens with zero attached hydrogens (tertiary/aromatic N) is 2. The van der Waals surface area contributed by atoms with Gasteiger partial charge in [-0.1, -0.05) is 30.3 Å². The van der Waals surface area contributed by atoms with Gasteiger partial charge in [0.25, 0.3) is 0 Å². The van der Waals surface area contributed by atoms with Crippen LogP contribution in [-0.2, 0) is 15.8 Å². The van der Waals surface area contributed by atoms with Crippen molar-refractivity contribution in [1.82, 2.24) is 9.29 Å². The number of ether oxygens (including phenoxy) is 1. The van der Waals surface area contributed by atoms with Gasteiger partial charge in [0.2, 0.25) is 15.9 Å². The Morgan fingerprint density at radius 2 is 1.88 bits per heavy atom. The largest absolute Gasteiger partial charge is 0.472 e. The third-order valence-electron chi connectivity index (χ3n) is 4.31. The number of sulfonamides is 1. The van der Waals surface area contributed by atoms with Crippen LogP contribution in [0.2, 0.25) is 0 Å². The Kier molecular flexibility index (Phi) is 4.34. The van der Waals surface area contributed by atoms with E-state index in [-0.39, 0.29) is 24.9 Å². The normalized spacial score (nSPS) is 15.7. The molecule has 1 aliphatic heterocycles. The van der Waals surface area contributed by atoms with E-state index in [0.717, 1.165) is 10.9 Å². The number of para-hydroxylation sites is 1. The number of aromatic nitrogens is 1. The number of fused-ring (bicyclic) bond motifs is 1. The Bertz CT molecular complexity index is 1050. The van der Waals surface area contributed by atoms with E-state index in [1.807, 2.05) is 30.3 Å². The van der Waals surface area contributed by atoms with Crippen molar-refractivity contribution in [2.75, 3.05) is 13.1 Å². The third-order valence-corrected chi connectivity index (χ3v) is 6.09. The Morgan fingerprint density at radius 3 is 2.69 bits per heavy atom. The lowest BCUT2D eigenvalue weighted by Gasteiger charge is -2.37. The summed E-state index contributed by atoms with van der Waals surface area (Å²) in [4.78, 5) is 4.43. The summed E-state index contributed by atoms with van der Waals surface area (Å²) < 4.78 is 45.1. The minimum atomic E-state index is -3.49. The molecule has 0 saturated carbocycles. The minimum absolute atomic E-state index is 0.217. The second kappa shape index (κ2) is 6.66. The Balaban J connectivity index is 1.38. The van der Waals surface area contributed by atoms with Crippen molar-refractivity contribution in [3.63, 3.8) is 0 Å². The van der Waals surface area contributed by atoms with Crippen LogP contribution >= 0.6 is 0 Å². The predicted molar refractivity (Wildman–Crippen MR) is 96.8 cm³/mol. The number of hydrogen-bond donors (Lipinski definition) is 0. The number of pyridine rings is 1. The predicted octanol–water partition coefficient (Wildman–Crippen LogP) is 2.97. The van der Waals surface area contributed by atoms with E-state index in [1.165, 1.54) is 22.5 Å². The maximum Gasteiger partial charge on any atom is 0.218 e. The molecule has 3 aromatic rings. The number of halogens is 1. The molecule has 1 saturated heterocycles. The minimum Gasteiger partial charge on any atom is -0.472 e. The highest BCUT2D eigenvalue weighted by Gasteiger charge is 2.37. The summed E-state index contributed by atoms with van der Waals surface area (Å²) in [7, 11) is -3.49. The van der Waals surface area contributed by atoms with E-state index < -0.39 is 15.8 Å². The summed E-state index contributed by atoms with van der Waals surface area (Å²) in [6, 6.07) is 17.1. The molecule has 0 unspecified atom stereocenters. The van der Waals surface area contributed by atoms with Gasteiger partial charge in [0.15, 0.2) is 0 Å². The molecular formula is C19H17FN2O3S.